The zero-order valence-electron chi connectivity index (χ0n) is 8.37. The number of hydrogen-bond donors (Lipinski definition) is 1. The molecule has 0 radical (unpaired) electrons. The Morgan fingerprint density at radius 3 is 2.73 bits per heavy atom. The number of phenols is 1. The van der Waals surface area contributed by atoms with Crippen LogP contribution in [0.3, 0.4) is 0 Å². The smallest absolute Gasteiger partial charge is 0.242 e. The molecular weight excluding hydrogens is 198 g/mol. The Kier molecular flexibility index (Phi) is 2.89. The molecule has 0 aliphatic heterocycles. The summed E-state index contributed by atoms with van der Waals surface area (Å²) in [5, 5.41) is 9.31. The molecule has 0 aromatic heterocycles. The first-order valence-electron chi connectivity index (χ1n) is 5.25. The molecule has 0 heterocycles. The zero-order chi connectivity index (χ0) is 10.8. The lowest BCUT2D eigenvalue weighted by Gasteiger charge is -2.19. The SMILES string of the molecule is Oc1cccc(C2CCCC2C(F)F)c1. The average Bonchev–Trinajstić information content (AvgIpc) is 2.65. The third-order valence-electron chi connectivity index (χ3n) is 3.19. The van der Waals surface area contributed by atoms with E-state index in [4.69, 9.17) is 0 Å². The van der Waals surface area contributed by atoms with Crippen LogP contribution in [0.25, 0.3) is 0 Å². The molecule has 1 nitrogen and oxygen atoms in total. The van der Waals surface area contributed by atoms with Gasteiger partial charge in [-0.1, -0.05) is 18.6 Å². The molecule has 1 aliphatic carbocycles. The first-order chi connectivity index (χ1) is 7.18. The van der Waals surface area contributed by atoms with Gasteiger partial charge in [-0.05, 0) is 36.5 Å². The van der Waals surface area contributed by atoms with Gasteiger partial charge in [0.15, 0.2) is 0 Å². The lowest BCUT2D eigenvalue weighted by molar-refractivity contribution is 0.0716. The highest BCUT2D eigenvalue weighted by Gasteiger charge is 2.34. The van der Waals surface area contributed by atoms with E-state index in [1.165, 1.54) is 0 Å². The van der Waals surface area contributed by atoms with Crippen LogP contribution in [0.1, 0.15) is 30.7 Å². The van der Waals surface area contributed by atoms with E-state index >= 15 is 0 Å². The molecule has 1 saturated carbocycles. The Hall–Kier alpha value is -1.12. The number of alkyl halides is 2. The van der Waals surface area contributed by atoms with Crippen molar-refractivity contribution in [2.75, 3.05) is 0 Å². The third kappa shape index (κ3) is 2.11. The molecular formula is C12H14F2O. The van der Waals surface area contributed by atoms with E-state index in [1.807, 2.05) is 6.07 Å². The maximum absolute atomic E-state index is 12.7. The van der Waals surface area contributed by atoms with Crippen molar-refractivity contribution >= 4 is 0 Å². The summed E-state index contributed by atoms with van der Waals surface area (Å²) < 4.78 is 25.4. The van der Waals surface area contributed by atoms with Gasteiger partial charge < -0.3 is 5.11 Å². The molecule has 2 rings (SSSR count). The maximum atomic E-state index is 12.7. The average molecular weight is 212 g/mol. The lowest BCUT2D eigenvalue weighted by atomic mass is 9.89. The molecule has 1 aromatic carbocycles. The van der Waals surface area contributed by atoms with Gasteiger partial charge in [0.05, 0.1) is 0 Å². The second kappa shape index (κ2) is 4.17. The Balaban J connectivity index is 2.22. The van der Waals surface area contributed by atoms with Crippen LogP contribution in [0, 0.1) is 5.92 Å². The monoisotopic (exact) mass is 212 g/mol. The van der Waals surface area contributed by atoms with Crippen molar-refractivity contribution in [1.82, 2.24) is 0 Å². The quantitative estimate of drug-likeness (QED) is 0.794. The van der Waals surface area contributed by atoms with Crippen molar-refractivity contribution in [3.63, 3.8) is 0 Å². The molecule has 3 heteroatoms. The molecule has 1 aliphatic rings. The number of phenolic OH excluding ortho intramolecular Hbond substituents is 1. The van der Waals surface area contributed by atoms with Crippen LogP contribution < -0.4 is 0 Å². The van der Waals surface area contributed by atoms with E-state index in [9.17, 15) is 13.9 Å². The molecule has 0 saturated heterocycles. The number of aromatic hydroxyl groups is 1. The number of rotatable bonds is 2. The van der Waals surface area contributed by atoms with E-state index in [-0.39, 0.29) is 11.7 Å². The second-order valence-electron chi connectivity index (χ2n) is 4.13. The highest BCUT2D eigenvalue weighted by Crippen LogP contribution is 2.43. The first-order valence-corrected chi connectivity index (χ1v) is 5.25. The minimum absolute atomic E-state index is 0.0860. The summed E-state index contributed by atoms with van der Waals surface area (Å²) in [6.45, 7) is 0. The second-order valence-corrected chi connectivity index (χ2v) is 4.13. The Morgan fingerprint density at radius 1 is 1.27 bits per heavy atom. The fourth-order valence-electron chi connectivity index (χ4n) is 2.46. The lowest BCUT2D eigenvalue weighted by Crippen LogP contribution is -2.14. The highest BCUT2D eigenvalue weighted by atomic mass is 19.3. The van der Waals surface area contributed by atoms with E-state index in [0.717, 1.165) is 18.4 Å². The summed E-state index contributed by atoms with van der Waals surface area (Å²) in [5.41, 5.74) is 0.845. The van der Waals surface area contributed by atoms with Crippen molar-refractivity contribution in [2.24, 2.45) is 5.92 Å². The fourth-order valence-corrected chi connectivity index (χ4v) is 2.46. The molecule has 0 bridgehead atoms. The molecule has 1 fully saturated rings. The summed E-state index contributed by atoms with van der Waals surface area (Å²) in [6.07, 6.45) is 0.00559. The van der Waals surface area contributed by atoms with Gasteiger partial charge in [0, 0.05) is 5.92 Å². The number of halogens is 2. The minimum Gasteiger partial charge on any atom is -0.508 e. The summed E-state index contributed by atoms with van der Waals surface area (Å²) in [6, 6.07) is 6.71. The minimum atomic E-state index is -2.25. The van der Waals surface area contributed by atoms with Crippen molar-refractivity contribution in [1.29, 1.82) is 0 Å². The Bertz CT molecular complexity index is 338. The van der Waals surface area contributed by atoms with Crippen LogP contribution in [0.4, 0.5) is 8.78 Å². The predicted molar refractivity (Wildman–Crippen MR) is 54.2 cm³/mol. The van der Waals surface area contributed by atoms with Crippen molar-refractivity contribution in [3.05, 3.63) is 29.8 Å². The number of hydrogen-bond acceptors (Lipinski definition) is 1. The third-order valence-corrected chi connectivity index (χ3v) is 3.19. The zero-order valence-corrected chi connectivity index (χ0v) is 8.37. The van der Waals surface area contributed by atoms with E-state index in [2.05, 4.69) is 0 Å². The van der Waals surface area contributed by atoms with Gasteiger partial charge in [0.1, 0.15) is 5.75 Å². The maximum Gasteiger partial charge on any atom is 0.242 e. The largest absolute Gasteiger partial charge is 0.508 e. The van der Waals surface area contributed by atoms with E-state index in [1.54, 1.807) is 18.2 Å². The van der Waals surface area contributed by atoms with Gasteiger partial charge in [-0.2, -0.15) is 0 Å². The van der Waals surface area contributed by atoms with Crippen LogP contribution in [0.5, 0.6) is 5.75 Å². The molecule has 1 aromatic rings. The van der Waals surface area contributed by atoms with Crippen LogP contribution in [-0.4, -0.2) is 11.5 Å². The van der Waals surface area contributed by atoms with Gasteiger partial charge >= 0.3 is 0 Å². The van der Waals surface area contributed by atoms with Crippen LogP contribution in [-0.2, 0) is 0 Å². The van der Waals surface area contributed by atoms with Gasteiger partial charge in [-0.25, -0.2) is 8.78 Å². The summed E-state index contributed by atoms with van der Waals surface area (Å²) in [7, 11) is 0. The van der Waals surface area contributed by atoms with Crippen LogP contribution in [0.15, 0.2) is 24.3 Å². The molecule has 0 spiro atoms. The van der Waals surface area contributed by atoms with E-state index < -0.39 is 12.3 Å². The molecule has 82 valence electrons. The molecule has 2 unspecified atom stereocenters. The summed E-state index contributed by atoms with van der Waals surface area (Å²) >= 11 is 0. The highest BCUT2D eigenvalue weighted by molar-refractivity contribution is 5.30. The van der Waals surface area contributed by atoms with E-state index in [0.29, 0.717) is 6.42 Å². The molecule has 0 amide bonds. The van der Waals surface area contributed by atoms with Crippen molar-refractivity contribution in [3.8, 4) is 5.75 Å². The predicted octanol–water partition coefficient (Wildman–Crippen LogP) is 3.54. The summed E-state index contributed by atoms with van der Waals surface area (Å²) in [5.74, 6) is -0.462. The first kappa shape index (κ1) is 10.4. The van der Waals surface area contributed by atoms with Crippen LogP contribution >= 0.6 is 0 Å². The number of benzene rings is 1. The Morgan fingerprint density at radius 2 is 2.07 bits per heavy atom. The van der Waals surface area contributed by atoms with Crippen molar-refractivity contribution < 1.29 is 13.9 Å². The van der Waals surface area contributed by atoms with Gasteiger partial charge in [0.2, 0.25) is 6.43 Å². The summed E-state index contributed by atoms with van der Waals surface area (Å²) in [4.78, 5) is 0. The standard InChI is InChI=1S/C12H14F2O/c13-12(14)11-6-2-5-10(11)8-3-1-4-9(15)7-8/h1,3-4,7,10-12,15H,2,5-6H2. The van der Waals surface area contributed by atoms with Gasteiger partial charge in [-0.15, -0.1) is 0 Å². The normalized spacial score (nSPS) is 26.1. The molecule has 15 heavy (non-hydrogen) atoms. The fraction of sp³-hybridized carbons (Fsp3) is 0.500. The molecule has 1 N–H and O–H groups in total. The molecule has 2 atom stereocenters. The van der Waals surface area contributed by atoms with Gasteiger partial charge in [-0.3, -0.25) is 0 Å². The van der Waals surface area contributed by atoms with Crippen LogP contribution in [0.2, 0.25) is 0 Å². The topological polar surface area (TPSA) is 20.2 Å². The Labute approximate surface area is 87.7 Å². The van der Waals surface area contributed by atoms with Crippen molar-refractivity contribution in [2.45, 2.75) is 31.6 Å². The van der Waals surface area contributed by atoms with Gasteiger partial charge in [0.25, 0.3) is 0 Å².